The number of hydrogen-bond donors (Lipinski definition) is 2. The number of aromatic nitrogens is 2. The minimum atomic E-state index is -0.560. The van der Waals surface area contributed by atoms with E-state index >= 15 is 0 Å². The Morgan fingerprint density at radius 1 is 1.16 bits per heavy atom. The molecule has 0 saturated carbocycles. The van der Waals surface area contributed by atoms with Gasteiger partial charge in [0.1, 0.15) is 16.5 Å². The van der Waals surface area contributed by atoms with Crippen LogP contribution in [-0.4, -0.2) is 64.4 Å². The Bertz CT molecular complexity index is 1210. The molecule has 1 amide bonds. The Morgan fingerprint density at radius 2 is 1.97 bits per heavy atom. The second-order valence-electron chi connectivity index (χ2n) is 7.88. The van der Waals surface area contributed by atoms with E-state index < -0.39 is 5.82 Å². The first kappa shape index (κ1) is 22.8. The molecule has 10 heteroatoms. The van der Waals surface area contributed by atoms with Crippen molar-refractivity contribution in [3.8, 4) is 0 Å². The molecule has 170 valence electrons. The molecule has 7 nitrogen and oxygen atoms in total. The summed E-state index contributed by atoms with van der Waals surface area (Å²) >= 11 is 12.4. The number of nitrogens with one attached hydrogen (secondary N) is 1. The van der Waals surface area contributed by atoms with Crippen LogP contribution in [0.25, 0.3) is 5.52 Å². The van der Waals surface area contributed by atoms with Crippen LogP contribution in [0.3, 0.4) is 0 Å². The standard InChI is InChI=1S/C22H24Cl2FN5O2/c23-17-12-19-21(31)27-13-15(30(19)20(17)24)10-14-2-3-18(25)16(11-14)22(32)29-6-1-5-28(7-4-26)8-9-29/h2-3,11-13H,1,4-10,26H2,(H,27,31). The largest absolute Gasteiger partial charge is 0.337 e. The molecule has 0 bridgehead atoms. The van der Waals surface area contributed by atoms with E-state index in [0.29, 0.717) is 49.4 Å². The third-order valence-corrected chi connectivity index (χ3v) is 6.51. The predicted molar refractivity (Wildman–Crippen MR) is 123 cm³/mol. The first-order valence-electron chi connectivity index (χ1n) is 10.5. The number of nitrogens with two attached hydrogens (primary N) is 1. The molecule has 3 aromatic rings. The molecule has 1 aliphatic heterocycles. The molecule has 0 radical (unpaired) electrons. The molecule has 0 unspecified atom stereocenters. The maximum Gasteiger partial charge on any atom is 0.272 e. The summed E-state index contributed by atoms with van der Waals surface area (Å²) in [5.41, 5.74) is 7.05. The van der Waals surface area contributed by atoms with Crippen molar-refractivity contribution in [1.29, 1.82) is 0 Å². The minimum absolute atomic E-state index is 0.0343. The summed E-state index contributed by atoms with van der Waals surface area (Å²) < 4.78 is 16.2. The summed E-state index contributed by atoms with van der Waals surface area (Å²) in [5, 5.41) is 0.497. The first-order valence-corrected chi connectivity index (χ1v) is 11.2. The summed E-state index contributed by atoms with van der Waals surface area (Å²) in [6.45, 7) is 4.03. The van der Waals surface area contributed by atoms with E-state index in [4.69, 9.17) is 28.9 Å². The number of amides is 1. The van der Waals surface area contributed by atoms with Crippen LogP contribution in [0.4, 0.5) is 4.39 Å². The Balaban J connectivity index is 1.60. The van der Waals surface area contributed by atoms with Gasteiger partial charge in [0, 0.05) is 51.0 Å². The minimum Gasteiger partial charge on any atom is -0.337 e. The van der Waals surface area contributed by atoms with Crippen molar-refractivity contribution in [3.63, 3.8) is 0 Å². The molecule has 1 aliphatic rings. The average molecular weight is 480 g/mol. The Morgan fingerprint density at radius 3 is 2.75 bits per heavy atom. The molecule has 0 aliphatic carbocycles. The molecule has 1 fully saturated rings. The van der Waals surface area contributed by atoms with Crippen LogP contribution in [-0.2, 0) is 6.42 Å². The van der Waals surface area contributed by atoms with Crippen LogP contribution in [0.1, 0.15) is 28.0 Å². The lowest BCUT2D eigenvalue weighted by Gasteiger charge is -2.22. The van der Waals surface area contributed by atoms with Crippen LogP contribution in [0.15, 0.2) is 35.3 Å². The van der Waals surface area contributed by atoms with Crippen molar-refractivity contribution in [1.82, 2.24) is 19.2 Å². The molecule has 1 aromatic carbocycles. The van der Waals surface area contributed by atoms with E-state index in [-0.39, 0.29) is 27.2 Å². The fourth-order valence-electron chi connectivity index (χ4n) is 4.13. The third-order valence-electron chi connectivity index (χ3n) is 5.75. The predicted octanol–water partition coefficient (Wildman–Crippen LogP) is 2.77. The number of fused-ring (bicyclic) bond motifs is 1. The van der Waals surface area contributed by atoms with E-state index in [2.05, 4.69) is 9.88 Å². The first-order chi connectivity index (χ1) is 15.4. The number of benzene rings is 1. The number of rotatable bonds is 5. The van der Waals surface area contributed by atoms with E-state index in [9.17, 15) is 14.0 Å². The van der Waals surface area contributed by atoms with E-state index in [1.807, 2.05) is 0 Å². The zero-order valence-corrected chi connectivity index (χ0v) is 18.9. The zero-order valence-electron chi connectivity index (χ0n) is 17.4. The fraction of sp³-hybridized carbons (Fsp3) is 0.364. The van der Waals surface area contributed by atoms with Crippen molar-refractivity contribution in [2.24, 2.45) is 5.73 Å². The van der Waals surface area contributed by atoms with Gasteiger partial charge < -0.3 is 20.5 Å². The number of aromatic amines is 1. The fourth-order valence-corrected chi connectivity index (χ4v) is 4.57. The number of nitrogens with zero attached hydrogens (tertiary/aromatic N) is 3. The van der Waals surface area contributed by atoms with Crippen LogP contribution < -0.4 is 11.3 Å². The number of hydrogen-bond acceptors (Lipinski definition) is 4. The molecule has 3 heterocycles. The number of H-pyrrole nitrogens is 1. The topological polar surface area (TPSA) is 86.8 Å². The summed E-state index contributed by atoms with van der Waals surface area (Å²) in [4.78, 5) is 31.8. The highest BCUT2D eigenvalue weighted by atomic mass is 35.5. The van der Waals surface area contributed by atoms with Gasteiger partial charge in [-0.2, -0.15) is 0 Å². The molecule has 0 spiro atoms. The highest BCUT2D eigenvalue weighted by molar-refractivity contribution is 6.42. The lowest BCUT2D eigenvalue weighted by Crippen LogP contribution is -2.36. The van der Waals surface area contributed by atoms with E-state index in [0.717, 1.165) is 19.5 Å². The Labute approximate surface area is 194 Å². The molecule has 4 rings (SSSR count). The SMILES string of the molecule is NCCN1CCCN(C(=O)c2cc(Cc3c[nH]c(=O)c4cc(Cl)c(Cl)n34)ccc2F)CC1. The van der Waals surface area contributed by atoms with Crippen LogP contribution in [0.5, 0.6) is 0 Å². The maximum absolute atomic E-state index is 14.6. The van der Waals surface area contributed by atoms with Gasteiger partial charge in [-0.3, -0.25) is 14.0 Å². The van der Waals surface area contributed by atoms with Gasteiger partial charge in [0.25, 0.3) is 11.5 Å². The quantitative estimate of drug-likeness (QED) is 0.588. The lowest BCUT2D eigenvalue weighted by molar-refractivity contribution is 0.0757. The Kier molecular flexibility index (Phi) is 6.85. The second kappa shape index (κ2) is 9.62. The van der Waals surface area contributed by atoms with Crippen LogP contribution in [0, 0.1) is 5.82 Å². The summed E-state index contributed by atoms with van der Waals surface area (Å²) in [7, 11) is 0. The van der Waals surface area contributed by atoms with Gasteiger partial charge in [-0.1, -0.05) is 29.3 Å². The van der Waals surface area contributed by atoms with Crippen molar-refractivity contribution < 1.29 is 9.18 Å². The van der Waals surface area contributed by atoms with E-state index in [1.165, 1.54) is 12.1 Å². The molecule has 1 saturated heterocycles. The maximum atomic E-state index is 14.6. The summed E-state index contributed by atoms with van der Waals surface area (Å²) in [5.74, 6) is -0.886. The van der Waals surface area contributed by atoms with Crippen molar-refractivity contribution in [3.05, 3.63) is 73.6 Å². The number of carbonyl (C=O) groups excluding carboxylic acids is 1. The molecular formula is C22H24Cl2FN5O2. The smallest absolute Gasteiger partial charge is 0.272 e. The van der Waals surface area contributed by atoms with Gasteiger partial charge in [-0.05, 0) is 36.7 Å². The molecule has 3 N–H and O–H groups in total. The molecule has 0 atom stereocenters. The third kappa shape index (κ3) is 4.54. The second-order valence-corrected chi connectivity index (χ2v) is 8.65. The average Bonchev–Trinajstić information content (AvgIpc) is 2.94. The summed E-state index contributed by atoms with van der Waals surface area (Å²) in [6.07, 6.45) is 2.68. The molecule has 32 heavy (non-hydrogen) atoms. The van der Waals surface area contributed by atoms with Gasteiger partial charge in [0.15, 0.2) is 0 Å². The lowest BCUT2D eigenvalue weighted by atomic mass is 10.0. The normalized spacial score (nSPS) is 15.3. The van der Waals surface area contributed by atoms with Crippen LogP contribution in [0.2, 0.25) is 10.2 Å². The van der Waals surface area contributed by atoms with Gasteiger partial charge in [0.05, 0.1) is 10.6 Å². The van der Waals surface area contributed by atoms with Gasteiger partial charge in [-0.25, -0.2) is 4.39 Å². The van der Waals surface area contributed by atoms with Crippen LogP contribution >= 0.6 is 23.2 Å². The monoisotopic (exact) mass is 479 g/mol. The number of carbonyl (C=O) groups is 1. The highest BCUT2D eigenvalue weighted by Gasteiger charge is 2.23. The number of halogens is 3. The van der Waals surface area contributed by atoms with Gasteiger partial charge >= 0.3 is 0 Å². The molecular weight excluding hydrogens is 456 g/mol. The zero-order chi connectivity index (χ0) is 22.8. The Hall–Kier alpha value is -2.39. The van der Waals surface area contributed by atoms with E-state index in [1.54, 1.807) is 27.6 Å². The van der Waals surface area contributed by atoms with Crippen molar-refractivity contribution in [2.45, 2.75) is 12.8 Å². The van der Waals surface area contributed by atoms with Gasteiger partial charge in [-0.15, -0.1) is 0 Å². The highest BCUT2D eigenvalue weighted by Crippen LogP contribution is 2.27. The summed E-state index contributed by atoms with van der Waals surface area (Å²) in [6, 6.07) is 5.98. The molecule has 2 aromatic heterocycles. The van der Waals surface area contributed by atoms with Crippen molar-refractivity contribution in [2.75, 3.05) is 39.3 Å². The van der Waals surface area contributed by atoms with Crippen molar-refractivity contribution >= 4 is 34.6 Å². The van der Waals surface area contributed by atoms with Gasteiger partial charge in [0.2, 0.25) is 0 Å².